The summed E-state index contributed by atoms with van der Waals surface area (Å²) in [5.41, 5.74) is 2.30. The largest absolute Gasteiger partial charge is 0.346 e. The second-order valence-corrected chi connectivity index (χ2v) is 5.35. The summed E-state index contributed by atoms with van der Waals surface area (Å²) in [6, 6.07) is 6.12. The molecule has 3 heterocycles. The predicted octanol–water partition coefficient (Wildman–Crippen LogP) is 2.49. The van der Waals surface area contributed by atoms with Crippen molar-refractivity contribution in [1.82, 2.24) is 19.9 Å². The summed E-state index contributed by atoms with van der Waals surface area (Å²) >= 11 is 0. The van der Waals surface area contributed by atoms with E-state index in [9.17, 15) is 0 Å². The van der Waals surface area contributed by atoms with Crippen molar-refractivity contribution in [3.05, 3.63) is 47.8 Å². The fourth-order valence-electron chi connectivity index (χ4n) is 2.78. The van der Waals surface area contributed by atoms with E-state index in [1.807, 2.05) is 18.5 Å². The van der Waals surface area contributed by atoms with E-state index in [1.165, 1.54) is 12.8 Å². The number of aromatic amines is 1. The Balaban J connectivity index is 1.65. The molecule has 1 N–H and O–H groups in total. The standard InChI is InChI=1S/C15H20N4/c1-12-9-17-15(18-12)13-5-4-8-19(10-13)11-14-6-2-3-7-16-14/h2-3,6-7,9,13H,4-5,8,10-11H2,1H3,(H,17,18)/t13-/m1/s1. The minimum Gasteiger partial charge on any atom is -0.346 e. The highest BCUT2D eigenvalue weighted by Gasteiger charge is 2.23. The molecule has 0 aliphatic carbocycles. The van der Waals surface area contributed by atoms with Crippen molar-refractivity contribution in [2.24, 2.45) is 0 Å². The highest BCUT2D eigenvalue weighted by atomic mass is 15.1. The van der Waals surface area contributed by atoms with Gasteiger partial charge in [-0.1, -0.05) is 6.07 Å². The Labute approximate surface area is 113 Å². The third-order valence-corrected chi connectivity index (χ3v) is 3.73. The fourth-order valence-corrected chi connectivity index (χ4v) is 2.78. The zero-order valence-electron chi connectivity index (χ0n) is 11.3. The van der Waals surface area contributed by atoms with Crippen LogP contribution >= 0.6 is 0 Å². The second kappa shape index (κ2) is 5.53. The molecule has 1 atom stereocenters. The molecule has 100 valence electrons. The van der Waals surface area contributed by atoms with Gasteiger partial charge in [-0.3, -0.25) is 9.88 Å². The van der Waals surface area contributed by atoms with Crippen LogP contribution in [-0.4, -0.2) is 32.9 Å². The first-order valence-corrected chi connectivity index (χ1v) is 6.95. The van der Waals surface area contributed by atoms with Crippen LogP contribution in [0.4, 0.5) is 0 Å². The molecule has 1 saturated heterocycles. The van der Waals surface area contributed by atoms with E-state index >= 15 is 0 Å². The number of aryl methyl sites for hydroxylation is 1. The summed E-state index contributed by atoms with van der Waals surface area (Å²) in [7, 11) is 0. The lowest BCUT2D eigenvalue weighted by molar-refractivity contribution is 0.195. The number of rotatable bonds is 3. The minimum absolute atomic E-state index is 0.533. The van der Waals surface area contributed by atoms with Crippen molar-refractivity contribution in [2.45, 2.75) is 32.2 Å². The van der Waals surface area contributed by atoms with E-state index in [0.717, 1.165) is 36.8 Å². The summed E-state index contributed by atoms with van der Waals surface area (Å²) in [6.07, 6.45) is 6.25. The van der Waals surface area contributed by atoms with Crippen LogP contribution in [0.5, 0.6) is 0 Å². The average molecular weight is 256 g/mol. The van der Waals surface area contributed by atoms with Gasteiger partial charge in [-0.2, -0.15) is 0 Å². The van der Waals surface area contributed by atoms with Gasteiger partial charge in [-0.05, 0) is 38.4 Å². The number of H-pyrrole nitrogens is 1. The lowest BCUT2D eigenvalue weighted by Gasteiger charge is -2.31. The van der Waals surface area contributed by atoms with Crippen molar-refractivity contribution >= 4 is 0 Å². The molecular formula is C15H20N4. The Morgan fingerprint density at radius 2 is 2.32 bits per heavy atom. The van der Waals surface area contributed by atoms with Gasteiger partial charge in [-0.25, -0.2) is 4.98 Å². The van der Waals surface area contributed by atoms with Crippen LogP contribution in [0.15, 0.2) is 30.6 Å². The molecule has 3 rings (SSSR count). The van der Waals surface area contributed by atoms with Gasteiger partial charge in [0, 0.05) is 37.1 Å². The zero-order chi connectivity index (χ0) is 13.1. The summed E-state index contributed by atoms with van der Waals surface area (Å²) in [5, 5.41) is 0. The molecule has 2 aromatic rings. The molecule has 0 amide bonds. The topological polar surface area (TPSA) is 44.8 Å². The number of likely N-dealkylation sites (tertiary alicyclic amines) is 1. The Morgan fingerprint density at radius 3 is 3.05 bits per heavy atom. The molecule has 2 aromatic heterocycles. The van der Waals surface area contributed by atoms with Gasteiger partial charge in [0.25, 0.3) is 0 Å². The molecular weight excluding hydrogens is 236 g/mol. The first-order chi connectivity index (χ1) is 9.31. The number of hydrogen-bond acceptors (Lipinski definition) is 3. The Bertz CT molecular complexity index is 520. The number of nitrogens with one attached hydrogen (secondary N) is 1. The fraction of sp³-hybridized carbons (Fsp3) is 0.467. The Hall–Kier alpha value is -1.68. The highest BCUT2D eigenvalue weighted by molar-refractivity contribution is 5.07. The number of piperidine rings is 1. The lowest BCUT2D eigenvalue weighted by atomic mass is 9.97. The molecule has 0 unspecified atom stereocenters. The van der Waals surface area contributed by atoms with Crippen LogP contribution in [0.3, 0.4) is 0 Å². The van der Waals surface area contributed by atoms with Crippen molar-refractivity contribution in [2.75, 3.05) is 13.1 Å². The van der Waals surface area contributed by atoms with Crippen LogP contribution < -0.4 is 0 Å². The van der Waals surface area contributed by atoms with Gasteiger partial charge < -0.3 is 4.98 Å². The smallest absolute Gasteiger partial charge is 0.110 e. The molecule has 1 aliphatic heterocycles. The van der Waals surface area contributed by atoms with Crippen LogP contribution in [0.2, 0.25) is 0 Å². The molecule has 19 heavy (non-hydrogen) atoms. The van der Waals surface area contributed by atoms with Crippen LogP contribution in [0.1, 0.15) is 36.0 Å². The zero-order valence-corrected chi connectivity index (χ0v) is 11.3. The van der Waals surface area contributed by atoms with Crippen molar-refractivity contribution in [3.63, 3.8) is 0 Å². The van der Waals surface area contributed by atoms with E-state index in [-0.39, 0.29) is 0 Å². The molecule has 4 heteroatoms. The number of pyridine rings is 1. The first kappa shape index (κ1) is 12.4. The van der Waals surface area contributed by atoms with Gasteiger partial charge >= 0.3 is 0 Å². The van der Waals surface area contributed by atoms with Crippen LogP contribution in [0, 0.1) is 6.92 Å². The summed E-state index contributed by atoms with van der Waals surface area (Å²) in [5.74, 6) is 1.68. The number of imidazole rings is 1. The van der Waals surface area contributed by atoms with E-state index < -0.39 is 0 Å². The van der Waals surface area contributed by atoms with Gasteiger partial charge in [0.15, 0.2) is 0 Å². The van der Waals surface area contributed by atoms with Gasteiger partial charge in [0.2, 0.25) is 0 Å². The lowest BCUT2D eigenvalue weighted by Crippen LogP contribution is -2.34. The molecule has 0 spiro atoms. The third-order valence-electron chi connectivity index (χ3n) is 3.73. The molecule has 0 bridgehead atoms. The summed E-state index contributed by atoms with van der Waals surface area (Å²) in [4.78, 5) is 14.7. The van der Waals surface area contributed by atoms with E-state index in [0.29, 0.717) is 5.92 Å². The quantitative estimate of drug-likeness (QED) is 0.917. The number of nitrogens with zero attached hydrogens (tertiary/aromatic N) is 3. The summed E-state index contributed by atoms with van der Waals surface area (Å²) in [6.45, 7) is 5.23. The SMILES string of the molecule is Cc1cnc([C@@H]2CCCN(Cc3ccccn3)C2)[nH]1. The van der Waals surface area contributed by atoms with Gasteiger partial charge in [-0.15, -0.1) is 0 Å². The van der Waals surface area contributed by atoms with Crippen LogP contribution in [0.25, 0.3) is 0 Å². The van der Waals surface area contributed by atoms with Crippen molar-refractivity contribution < 1.29 is 0 Å². The van der Waals surface area contributed by atoms with E-state index in [4.69, 9.17) is 0 Å². The normalized spacial score (nSPS) is 20.6. The second-order valence-electron chi connectivity index (χ2n) is 5.35. The maximum absolute atomic E-state index is 4.48. The van der Waals surface area contributed by atoms with E-state index in [2.05, 4.69) is 38.9 Å². The minimum atomic E-state index is 0.533. The Morgan fingerprint density at radius 1 is 1.37 bits per heavy atom. The van der Waals surface area contributed by atoms with Gasteiger partial charge in [0.1, 0.15) is 5.82 Å². The monoisotopic (exact) mass is 256 g/mol. The maximum atomic E-state index is 4.48. The summed E-state index contributed by atoms with van der Waals surface area (Å²) < 4.78 is 0. The van der Waals surface area contributed by atoms with Gasteiger partial charge in [0.05, 0.1) is 5.69 Å². The predicted molar refractivity (Wildman–Crippen MR) is 74.8 cm³/mol. The van der Waals surface area contributed by atoms with Crippen LogP contribution in [-0.2, 0) is 6.54 Å². The average Bonchev–Trinajstić information content (AvgIpc) is 2.87. The first-order valence-electron chi connectivity index (χ1n) is 6.95. The number of hydrogen-bond donors (Lipinski definition) is 1. The van der Waals surface area contributed by atoms with Crippen molar-refractivity contribution in [3.8, 4) is 0 Å². The van der Waals surface area contributed by atoms with E-state index in [1.54, 1.807) is 0 Å². The molecule has 4 nitrogen and oxygen atoms in total. The highest BCUT2D eigenvalue weighted by Crippen LogP contribution is 2.25. The molecule has 0 aromatic carbocycles. The Kier molecular flexibility index (Phi) is 3.60. The molecule has 1 aliphatic rings. The maximum Gasteiger partial charge on any atom is 0.110 e. The molecule has 1 fully saturated rings. The number of aromatic nitrogens is 3. The molecule has 0 radical (unpaired) electrons. The van der Waals surface area contributed by atoms with Crippen molar-refractivity contribution in [1.29, 1.82) is 0 Å². The molecule has 0 saturated carbocycles. The third kappa shape index (κ3) is 3.01.